The predicted molar refractivity (Wildman–Crippen MR) is 463 cm³/mol. The molecule has 111 heavy (non-hydrogen) atoms. The molecular weight excluding hydrogens is 1430 g/mol. The van der Waals surface area contributed by atoms with Gasteiger partial charge in [0.2, 0.25) is 0 Å². The van der Waals surface area contributed by atoms with Gasteiger partial charge in [0.05, 0.1) is 26.4 Å². The van der Waals surface area contributed by atoms with E-state index >= 15 is 0 Å². The Hall–Kier alpha value is -5.35. The zero-order valence-corrected chi connectivity index (χ0v) is 71.1. The first kappa shape index (κ1) is 106. The lowest BCUT2D eigenvalue weighted by Gasteiger charge is -2.21. The molecule has 0 fully saturated rings. The first-order chi connectivity index (χ1) is 54.2. The average Bonchev–Trinajstić information content (AvgIpc) is 0.901. The molecule has 0 rings (SSSR count). The molecule has 632 valence electrons. The number of aliphatic hydroxyl groups is 2. The van der Waals surface area contributed by atoms with E-state index in [1.807, 2.05) is 0 Å². The maximum absolute atomic E-state index is 13.0. The molecule has 0 spiro atoms. The van der Waals surface area contributed by atoms with Gasteiger partial charge in [0.25, 0.3) is 0 Å². The van der Waals surface area contributed by atoms with Crippen molar-refractivity contribution in [2.24, 2.45) is 0 Å². The summed E-state index contributed by atoms with van der Waals surface area (Å²) in [7, 11) is -9.82. The van der Waals surface area contributed by atoms with Gasteiger partial charge in [-0.3, -0.25) is 32.5 Å². The van der Waals surface area contributed by atoms with Crippen molar-refractivity contribution in [1.82, 2.24) is 0 Å². The minimum atomic E-state index is -4.95. The summed E-state index contributed by atoms with van der Waals surface area (Å²) >= 11 is 0. The zero-order valence-electron chi connectivity index (χ0n) is 69.3. The van der Waals surface area contributed by atoms with Gasteiger partial charge in [-0.2, -0.15) is 0 Å². The number of esters is 3. The smallest absolute Gasteiger partial charge is 0.463 e. The van der Waals surface area contributed by atoms with Gasteiger partial charge in [0, 0.05) is 19.3 Å². The molecule has 0 aromatic heterocycles. The summed E-state index contributed by atoms with van der Waals surface area (Å²) in [5.41, 5.74) is 0. The van der Waals surface area contributed by atoms with Crippen LogP contribution in [-0.2, 0) is 55.8 Å². The van der Waals surface area contributed by atoms with Gasteiger partial charge in [0.15, 0.2) is 6.10 Å². The molecule has 16 nitrogen and oxygen atoms in total. The van der Waals surface area contributed by atoms with E-state index in [1.165, 1.54) is 83.5 Å². The highest BCUT2D eigenvalue weighted by Crippen LogP contribution is 2.45. The maximum Gasteiger partial charge on any atom is 0.472 e. The number of hydrogen-bond donors (Lipinski definition) is 4. The van der Waals surface area contributed by atoms with Crippen LogP contribution in [0.25, 0.3) is 0 Å². The number of phosphoric ester groups is 2. The molecule has 0 heterocycles. The Bertz CT molecular complexity index is 2750. The number of hydrogen-bond acceptors (Lipinski definition) is 14. The number of unbranched alkanes of at least 4 members (excludes halogenated alkanes) is 27. The van der Waals surface area contributed by atoms with Crippen LogP contribution in [0.15, 0.2) is 182 Å². The Kier molecular flexibility index (Phi) is 80.0. The largest absolute Gasteiger partial charge is 0.472 e. The topological polar surface area (TPSA) is 231 Å². The Morgan fingerprint density at radius 3 is 0.712 bits per heavy atom. The number of aliphatic hydroxyl groups excluding tert-OH is 2. The minimum Gasteiger partial charge on any atom is -0.463 e. The van der Waals surface area contributed by atoms with Crippen LogP contribution in [0.5, 0.6) is 0 Å². The van der Waals surface area contributed by atoms with Crippen LogP contribution in [-0.4, -0.2) is 95.9 Å². The van der Waals surface area contributed by atoms with E-state index in [-0.39, 0.29) is 19.3 Å². The molecule has 4 N–H and O–H groups in total. The molecule has 0 aromatic rings. The summed E-state index contributed by atoms with van der Waals surface area (Å²) in [6, 6.07) is 0. The molecule has 0 aromatic carbocycles. The van der Waals surface area contributed by atoms with Crippen LogP contribution < -0.4 is 0 Å². The summed E-state index contributed by atoms with van der Waals surface area (Å²) in [5.74, 6) is -1.62. The summed E-state index contributed by atoms with van der Waals surface area (Å²) in [6.07, 6.45) is 109. The second kappa shape index (κ2) is 84.1. The van der Waals surface area contributed by atoms with E-state index in [1.54, 1.807) is 0 Å². The third-order valence-electron chi connectivity index (χ3n) is 17.6. The SMILES string of the molecule is CC/C=C\C/C=C\C/C=C\C/C=C\C/C=C\C/C=C\CCCCCCCCCCCCCCCCCCC(=O)OCC(O)COP(=O)(O)OCC(O)COP(=O)(O)OCC(COC(=O)CCCCCC/C=C\C/C=C\C/C=C\C/C=C\C/C=C\C/C=C\CC)OC(=O)CCCCCCCCC/C=C\C/C=C\C/C=C\CC. The van der Waals surface area contributed by atoms with Gasteiger partial charge in [-0.15, -0.1) is 0 Å². The number of carbonyl (C=O) groups excluding carboxylic acids is 3. The third kappa shape index (κ3) is 85.4. The Labute approximate surface area is 675 Å². The van der Waals surface area contributed by atoms with Gasteiger partial charge in [0.1, 0.15) is 25.4 Å². The van der Waals surface area contributed by atoms with Crippen LogP contribution >= 0.6 is 15.6 Å². The number of phosphoric acid groups is 2. The van der Waals surface area contributed by atoms with Crippen molar-refractivity contribution in [1.29, 1.82) is 0 Å². The van der Waals surface area contributed by atoms with Gasteiger partial charge < -0.3 is 34.2 Å². The van der Waals surface area contributed by atoms with Crippen molar-refractivity contribution in [3.05, 3.63) is 182 Å². The van der Waals surface area contributed by atoms with Crippen LogP contribution in [0, 0.1) is 0 Å². The van der Waals surface area contributed by atoms with E-state index in [0.717, 1.165) is 186 Å². The molecule has 0 bridgehead atoms. The lowest BCUT2D eigenvalue weighted by atomic mass is 10.0. The lowest BCUT2D eigenvalue weighted by Crippen LogP contribution is -2.30. The number of allylic oxidation sites excluding steroid dienone is 30. The second-order valence-electron chi connectivity index (χ2n) is 28.2. The van der Waals surface area contributed by atoms with E-state index in [4.69, 9.17) is 32.3 Å². The van der Waals surface area contributed by atoms with Crippen LogP contribution in [0.1, 0.15) is 329 Å². The quantitative estimate of drug-likeness (QED) is 0.0146. The van der Waals surface area contributed by atoms with Crippen LogP contribution in [0.4, 0.5) is 0 Å². The summed E-state index contributed by atoms with van der Waals surface area (Å²) in [6.45, 7) is 2.31. The fourth-order valence-corrected chi connectivity index (χ4v) is 12.8. The maximum atomic E-state index is 13.0. The molecular formula is C93H154O16P2. The molecule has 5 atom stereocenters. The van der Waals surface area contributed by atoms with Gasteiger partial charge in [-0.05, 0) is 154 Å². The van der Waals surface area contributed by atoms with E-state index < -0.39 is 91.5 Å². The van der Waals surface area contributed by atoms with Gasteiger partial charge in [-0.1, -0.05) is 338 Å². The van der Waals surface area contributed by atoms with E-state index in [0.29, 0.717) is 19.3 Å². The van der Waals surface area contributed by atoms with Crippen molar-refractivity contribution in [3.8, 4) is 0 Å². The normalized spacial score (nSPS) is 14.8. The fourth-order valence-electron chi connectivity index (χ4n) is 11.2. The van der Waals surface area contributed by atoms with Gasteiger partial charge >= 0.3 is 33.6 Å². The molecule has 0 radical (unpaired) electrons. The molecule has 0 aliphatic heterocycles. The number of ether oxygens (including phenoxy) is 3. The zero-order chi connectivity index (χ0) is 80.8. The fraction of sp³-hybridized carbons (Fsp3) is 0.645. The van der Waals surface area contributed by atoms with Crippen molar-refractivity contribution in [3.63, 3.8) is 0 Å². The van der Waals surface area contributed by atoms with Crippen LogP contribution in [0.3, 0.4) is 0 Å². The average molecular weight is 1590 g/mol. The third-order valence-corrected chi connectivity index (χ3v) is 19.5. The summed E-state index contributed by atoms with van der Waals surface area (Å²) in [4.78, 5) is 58.8. The predicted octanol–water partition coefficient (Wildman–Crippen LogP) is 26.1. The second-order valence-corrected chi connectivity index (χ2v) is 31.1. The highest BCUT2D eigenvalue weighted by atomic mass is 31.2. The number of carbonyl (C=O) groups is 3. The van der Waals surface area contributed by atoms with Crippen molar-refractivity contribution >= 4 is 33.6 Å². The monoisotopic (exact) mass is 1590 g/mol. The Balaban J connectivity index is 4.51. The summed E-state index contributed by atoms with van der Waals surface area (Å²) in [5, 5.41) is 20.7. The first-order valence-corrected chi connectivity index (χ1v) is 46.1. The molecule has 18 heteroatoms. The number of rotatable bonds is 80. The van der Waals surface area contributed by atoms with Crippen molar-refractivity contribution < 1.29 is 75.8 Å². The van der Waals surface area contributed by atoms with Crippen LogP contribution in [0.2, 0.25) is 0 Å². The van der Waals surface area contributed by atoms with Crippen molar-refractivity contribution in [2.75, 3.05) is 39.6 Å². The molecule has 0 aliphatic rings. The molecule has 0 aliphatic carbocycles. The highest BCUT2D eigenvalue weighted by Gasteiger charge is 2.29. The minimum absolute atomic E-state index is 0.0817. The Morgan fingerprint density at radius 2 is 0.450 bits per heavy atom. The lowest BCUT2D eigenvalue weighted by molar-refractivity contribution is -0.161. The van der Waals surface area contributed by atoms with Gasteiger partial charge in [-0.25, -0.2) is 9.13 Å². The summed E-state index contributed by atoms with van der Waals surface area (Å²) < 4.78 is 61.3. The van der Waals surface area contributed by atoms with E-state index in [9.17, 15) is 43.5 Å². The first-order valence-electron chi connectivity index (χ1n) is 43.1. The highest BCUT2D eigenvalue weighted by molar-refractivity contribution is 7.47. The molecule has 0 amide bonds. The Morgan fingerprint density at radius 1 is 0.252 bits per heavy atom. The van der Waals surface area contributed by atoms with Crippen molar-refractivity contribution in [2.45, 2.75) is 347 Å². The molecule has 0 saturated heterocycles. The molecule has 0 saturated carbocycles. The standard InChI is InChI=1S/C93H154O16P2/c1-4-7-10-13-16-19-22-25-28-31-33-35-37-38-39-40-41-42-43-44-45-46-47-48-50-52-53-56-58-61-64-67-70-73-76-79-91(96)103-82-88(94)83-105-110(99,100)106-84-89(95)85-107-111(101,102)108-87-90(109-93(98)81-78-75-72-69-66-63-60-55-30-27-24-21-18-15-12-9-6-3)86-104-92(97)80-77-74-71-68-65-62-59-57-54-51-49-36-34-32-29-26-23-20-17-14-11-8-5-2/h7-12,16-21,25-30,33-36,38-39,41-42,51,54,59,62,88-90,94-95H,4-6,13-15,22-24,31-32,37,40,43-50,52-53,55-58,60-61,63-87H2,1-3H3,(H,99,100)(H,101,102)/b10-7-,11-8-,12-9-,19-16-,20-17-,21-18-,28-25-,29-26-,30-27-,35-33-,36-34-,39-38-,42-41-,54-51-,62-59-. The van der Waals surface area contributed by atoms with E-state index in [2.05, 4.69) is 203 Å². The molecule has 5 unspecified atom stereocenters.